The smallest absolute Gasteiger partial charge is 0.123 e. The predicted molar refractivity (Wildman–Crippen MR) is 152 cm³/mol. The molecule has 7 nitrogen and oxygen atoms in total. The van der Waals surface area contributed by atoms with Crippen molar-refractivity contribution in [2.75, 3.05) is 26.3 Å². The molecule has 0 bridgehead atoms. The van der Waals surface area contributed by atoms with Crippen LogP contribution < -0.4 is 0 Å². The predicted octanol–water partition coefficient (Wildman–Crippen LogP) is 5.65. The lowest BCUT2D eigenvalue weighted by molar-refractivity contribution is 0.000892. The van der Waals surface area contributed by atoms with E-state index >= 15 is 0 Å². The topological polar surface area (TPSA) is 76.3 Å². The molecule has 0 radical (unpaired) electrons. The zero-order chi connectivity index (χ0) is 26.3. The summed E-state index contributed by atoms with van der Waals surface area (Å²) in [6.07, 6.45) is 4.27. The largest absolute Gasteiger partial charge is 0.507 e. The number of rotatable bonds is 5. The zero-order valence-corrected chi connectivity index (χ0v) is 22.0. The fraction of sp³-hybridized carbons (Fsp3) is 0.281. The van der Waals surface area contributed by atoms with Crippen LogP contribution in [-0.4, -0.2) is 62.3 Å². The number of ether oxygens (including phenoxy) is 1. The number of phenolic OH excluding ortho intramolecular Hbond substituents is 1. The SMILES string of the molecule is Cn1cc2cc(-c3ccc(-c4ccc(C5CN(C6CCOCC6)C5)nn4)c(-c4ccccc4O)c3)ccc2n1. The lowest BCUT2D eigenvalue weighted by atomic mass is 9.90. The number of nitrogens with zero attached hydrogens (tertiary/aromatic N) is 5. The molecule has 3 aromatic carbocycles. The third-order valence-corrected chi connectivity index (χ3v) is 8.16. The first-order valence-electron chi connectivity index (χ1n) is 13.6. The second kappa shape index (κ2) is 9.91. The van der Waals surface area contributed by atoms with Gasteiger partial charge in [0.15, 0.2) is 0 Å². The summed E-state index contributed by atoms with van der Waals surface area (Å²) in [4.78, 5) is 2.56. The summed E-state index contributed by atoms with van der Waals surface area (Å²) in [7, 11) is 1.93. The Morgan fingerprint density at radius 3 is 2.41 bits per heavy atom. The monoisotopic (exact) mass is 517 g/mol. The van der Waals surface area contributed by atoms with Crippen molar-refractivity contribution in [3.8, 4) is 39.3 Å². The van der Waals surface area contributed by atoms with Gasteiger partial charge in [0, 0.05) is 68.0 Å². The molecular weight excluding hydrogens is 486 g/mol. The highest BCUT2D eigenvalue weighted by Crippen LogP contribution is 2.39. The number of hydrogen-bond donors (Lipinski definition) is 1. The molecule has 0 spiro atoms. The summed E-state index contributed by atoms with van der Waals surface area (Å²) in [6.45, 7) is 3.82. The number of likely N-dealkylation sites (tertiary alicyclic amines) is 1. The summed E-state index contributed by atoms with van der Waals surface area (Å²) < 4.78 is 7.35. The summed E-state index contributed by atoms with van der Waals surface area (Å²) in [6, 6.07) is 24.9. The van der Waals surface area contributed by atoms with E-state index in [9.17, 15) is 5.11 Å². The van der Waals surface area contributed by atoms with Gasteiger partial charge in [0.1, 0.15) is 5.75 Å². The minimum atomic E-state index is 0.242. The first kappa shape index (κ1) is 24.0. The average Bonchev–Trinajstić information content (AvgIpc) is 3.32. The van der Waals surface area contributed by atoms with Crippen LogP contribution in [-0.2, 0) is 11.8 Å². The Morgan fingerprint density at radius 1 is 0.821 bits per heavy atom. The molecule has 0 unspecified atom stereocenters. The molecule has 39 heavy (non-hydrogen) atoms. The molecule has 0 amide bonds. The van der Waals surface area contributed by atoms with Gasteiger partial charge < -0.3 is 9.84 Å². The Kier molecular flexibility index (Phi) is 6.10. The van der Waals surface area contributed by atoms with Gasteiger partial charge in [-0.05, 0) is 65.9 Å². The van der Waals surface area contributed by atoms with Crippen LogP contribution in [0.25, 0.3) is 44.4 Å². The fourth-order valence-electron chi connectivity index (χ4n) is 5.95. The minimum absolute atomic E-state index is 0.242. The van der Waals surface area contributed by atoms with Gasteiger partial charge in [0.25, 0.3) is 0 Å². The molecule has 196 valence electrons. The standard InChI is InChI=1S/C32H31N5O2/c1-36-18-23-16-21(7-9-30(23)35-36)22-6-8-26(28(17-22)27-4-2-3-5-32(27)38)31-11-10-29(33-34-31)24-19-37(20-24)25-12-14-39-15-13-25/h2-11,16-18,24-25,38H,12-15,19-20H2,1H3. The lowest BCUT2D eigenvalue weighted by Gasteiger charge is -2.45. The first-order chi connectivity index (χ1) is 19.1. The van der Waals surface area contributed by atoms with Gasteiger partial charge >= 0.3 is 0 Å². The zero-order valence-electron chi connectivity index (χ0n) is 22.0. The highest BCUT2D eigenvalue weighted by molar-refractivity contribution is 5.90. The number of aromatic nitrogens is 4. The van der Waals surface area contributed by atoms with E-state index < -0.39 is 0 Å². The summed E-state index contributed by atoms with van der Waals surface area (Å²) in [5.41, 5.74) is 7.62. The van der Waals surface area contributed by atoms with Crippen molar-refractivity contribution in [3.63, 3.8) is 0 Å². The second-order valence-corrected chi connectivity index (χ2v) is 10.7. The molecule has 2 aliphatic rings. The van der Waals surface area contributed by atoms with E-state index in [2.05, 4.69) is 62.7 Å². The molecule has 5 aromatic rings. The Balaban J connectivity index is 1.20. The molecule has 2 saturated heterocycles. The minimum Gasteiger partial charge on any atom is -0.507 e. The molecule has 2 aromatic heterocycles. The molecule has 4 heterocycles. The number of aryl methyl sites for hydroxylation is 1. The van der Waals surface area contributed by atoms with Crippen LogP contribution >= 0.6 is 0 Å². The van der Waals surface area contributed by atoms with Gasteiger partial charge in [-0.15, -0.1) is 0 Å². The molecule has 2 fully saturated rings. The van der Waals surface area contributed by atoms with Gasteiger partial charge in [-0.3, -0.25) is 9.58 Å². The molecule has 0 saturated carbocycles. The van der Waals surface area contributed by atoms with Crippen molar-refractivity contribution in [3.05, 3.63) is 84.7 Å². The van der Waals surface area contributed by atoms with E-state index in [0.29, 0.717) is 12.0 Å². The number of hydrogen-bond acceptors (Lipinski definition) is 6. The highest BCUT2D eigenvalue weighted by Gasteiger charge is 2.34. The Hall–Kier alpha value is -4.07. The Bertz CT molecular complexity index is 1630. The maximum atomic E-state index is 10.8. The maximum absolute atomic E-state index is 10.8. The Morgan fingerprint density at radius 2 is 1.62 bits per heavy atom. The summed E-state index contributed by atoms with van der Waals surface area (Å²) >= 11 is 0. The van der Waals surface area contributed by atoms with Crippen LogP contribution in [0, 0.1) is 0 Å². The second-order valence-electron chi connectivity index (χ2n) is 10.7. The molecule has 2 aliphatic heterocycles. The van der Waals surface area contributed by atoms with Crippen LogP contribution in [0.1, 0.15) is 24.5 Å². The van der Waals surface area contributed by atoms with Gasteiger partial charge in [0.2, 0.25) is 0 Å². The van der Waals surface area contributed by atoms with Crippen LogP contribution in [0.15, 0.2) is 79.0 Å². The van der Waals surface area contributed by atoms with Crippen molar-refractivity contribution in [2.24, 2.45) is 7.05 Å². The van der Waals surface area contributed by atoms with Crippen molar-refractivity contribution in [1.82, 2.24) is 24.9 Å². The molecule has 1 N–H and O–H groups in total. The van der Waals surface area contributed by atoms with Crippen LogP contribution in [0.4, 0.5) is 0 Å². The van der Waals surface area contributed by atoms with Gasteiger partial charge in [0.05, 0.1) is 16.9 Å². The number of aromatic hydroxyl groups is 1. The molecule has 0 atom stereocenters. The normalized spacial score (nSPS) is 16.9. The van der Waals surface area contributed by atoms with Gasteiger partial charge in [-0.1, -0.05) is 36.4 Å². The van der Waals surface area contributed by atoms with E-state index in [0.717, 1.165) is 89.3 Å². The summed E-state index contributed by atoms with van der Waals surface area (Å²) in [5, 5.41) is 25.7. The molecule has 7 rings (SSSR count). The molecular formula is C32H31N5O2. The number of para-hydroxylation sites is 1. The van der Waals surface area contributed by atoms with Gasteiger partial charge in [-0.25, -0.2) is 0 Å². The third-order valence-electron chi connectivity index (χ3n) is 8.16. The van der Waals surface area contributed by atoms with Crippen molar-refractivity contribution in [1.29, 1.82) is 0 Å². The maximum Gasteiger partial charge on any atom is 0.123 e. The molecule has 0 aliphatic carbocycles. The quantitative estimate of drug-likeness (QED) is 0.325. The average molecular weight is 518 g/mol. The first-order valence-corrected chi connectivity index (χ1v) is 13.6. The Labute approximate surface area is 227 Å². The lowest BCUT2D eigenvalue weighted by Crippen LogP contribution is -2.52. The van der Waals surface area contributed by atoms with Gasteiger partial charge in [-0.2, -0.15) is 15.3 Å². The van der Waals surface area contributed by atoms with Crippen molar-refractivity contribution in [2.45, 2.75) is 24.8 Å². The number of fused-ring (bicyclic) bond motifs is 1. The van der Waals surface area contributed by atoms with E-state index in [1.807, 2.05) is 42.2 Å². The fourth-order valence-corrected chi connectivity index (χ4v) is 5.95. The van der Waals surface area contributed by atoms with Crippen LogP contribution in [0.2, 0.25) is 0 Å². The summed E-state index contributed by atoms with van der Waals surface area (Å²) in [5.74, 6) is 0.669. The van der Waals surface area contributed by atoms with Crippen molar-refractivity contribution >= 4 is 10.9 Å². The van der Waals surface area contributed by atoms with E-state index in [4.69, 9.17) is 4.74 Å². The highest BCUT2D eigenvalue weighted by atomic mass is 16.5. The third kappa shape index (κ3) is 4.58. The number of phenols is 1. The van der Waals surface area contributed by atoms with E-state index in [1.165, 1.54) is 0 Å². The van der Waals surface area contributed by atoms with Crippen molar-refractivity contribution < 1.29 is 9.84 Å². The van der Waals surface area contributed by atoms with Crippen LogP contribution in [0.5, 0.6) is 5.75 Å². The molecule has 7 heteroatoms. The van der Waals surface area contributed by atoms with E-state index in [-0.39, 0.29) is 5.75 Å². The number of benzene rings is 3. The van der Waals surface area contributed by atoms with E-state index in [1.54, 1.807) is 6.07 Å². The van der Waals surface area contributed by atoms with Crippen LogP contribution in [0.3, 0.4) is 0 Å².